The molecule has 3 aromatic rings. The number of aromatic nitrogens is 1. The number of carbonyl (C=O) groups is 1. The molecule has 0 spiro atoms. The van der Waals surface area contributed by atoms with Crippen LogP contribution in [0.25, 0.3) is 10.9 Å². The Bertz CT molecular complexity index is 1230. The lowest BCUT2D eigenvalue weighted by Crippen LogP contribution is -2.50. The van der Waals surface area contributed by atoms with E-state index in [1.165, 1.54) is 25.5 Å². The smallest absolute Gasteiger partial charge is 0.416 e. The number of ketones is 1. The summed E-state index contributed by atoms with van der Waals surface area (Å²) in [5, 5.41) is 4.69. The first-order valence-electron chi connectivity index (χ1n) is 9.56. The van der Waals surface area contributed by atoms with Crippen LogP contribution in [0, 0.1) is 0 Å². The first-order valence-corrected chi connectivity index (χ1v) is 9.93. The van der Waals surface area contributed by atoms with Crippen molar-refractivity contribution < 1.29 is 22.7 Å². The van der Waals surface area contributed by atoms with Gasteiger partial charge in [-0.15, -0.1) is 0 Å². The average molecular weight is 463 g/mol. The van der Waals surface area contributed by atoms with Crippen molar-refractivity contribution in [1.82, 2.24) is 15.9 Å². The Morgan fingerprint density at radius 2 is 1.91 bits per heavy atom. The molecule has 0 saturated heterocycles. The highest BCUT2D eigenvalue weighted by atomic mass is 35.5. The van der Waals surface area contributed by atoms with Crippen LogP contribution < -0.4 is 15.7 Å². The Labute approximate surface area is 186 Å². The number of pyridine rings is 1. The largest absolute Gasteiger partial charge is 0.481 e. The molecule has 32 heavy (non-hydrogen) atoms. The van der Waals surface area contributed by atoms with Gasteiger partial charge in [0, 0.05) is 22.9 Å². The van der Waals surface area contributed by atoms with Gasteiger partial charge < -0.3 is 4.74 Å². The van der Waals surface area contributed by atoms with Gasteiger partial charge in [-0.2, -0.15) is 18.3 Å². The third kappa shape index (κ3) is 4.01. The van der Waals surface area contributed by atoms with Gasteiger partial charge in [0.25, 0.3) is 0 Å². The number of rotatable bonds is 5. The Morgan fingerprint density at radius 1 is 1.19 bits per heavy atom. The molecule has 0 aliphatic carbocycles. The quantitative estimate of drug-likeness (QED) is 0.544. The van der Waals surface area contributed by atoms with E-state index in [-0.39, 0.29) is 18.1 Å². The van der Waals surface area contributed by atoms with E-state index in [4.69, 9.17) is 16.3 Å². The topological polar surface area (TPSA) is 75.6 Å². The number of hydrogen-bond donors (Lipinski definition) is 2. The number of nitrogens with one attached hydrogen (secondary N) is 2. The highest BCUT2D eigenvalue weighted by molar-refractivity contribution is 6.36. The molecule has 1 aliphatic heterocycles. The van der Waals surface area contributed by atoms with Gasteiger partial charge in [-0.1, -0.05) is 23.7 Å². The number of carbonyl (C=O) groups excluding carboxylic acids is 1. The van der Waals surface area contributed by atoms with Gasteiger partial charge in [-0.05, 0) is 42.8 Å². The van der Waals surface area contributed by atoms with Gasteiger partial charge in [0.05, 0.1) is 29.4 Å². The molecule has 0 saturated carbocycles. The van der Waals surface area contributed by atoms with Crippen molar-refractivity contribution in [3.05, 3.63) is 69.7 Å². The summed E-state index contributed by atoms with van der Waals surface area (Å²) in [4.78, 5) is 17.4. The molecule has 0 amide bonds. The highest BCUT2D eigenvalue weighted by Crippen LogP contribution is 2.35. The summed E-state index contributed by atoms with van der Waals surface area (Å²) < 4.78 is 43.9. The first kappa shape index (κ1) is 22.0. The number of hydrogen-bond acceptors (Lipinski definition) is 6. The molecular weight excluding hydrogens is 445 g/mol. The number of halogens is 4. The fraction of sp³-hybridized carbons (Fsp3) is 0.227. The summed E-state index contributed by atoms with van der Waals surface area (Å²) in [6, 6.07) is 9.77. The van der Waals surface area contributed by atoms with E-state index in [9.17, 15) is 18.0 Å². The normalized spacial score (nSPS) is 18.1. The number of benzene rings is 2. The van der Waals surface area contributed by atoms with Crippen LogP contribution >= 0.6 is 11.6 Å². The van der Waals surface area contributed by atoms with E-state index >= 15 is 0 Å². The second kappa shape index (κ2) is 8.07. The van der Waals surface area contributed by atoms with Gasteiger partial charge in [0.15, 0.2) is 5.78 Å². The number of ether oxygens (including phenoxy) is 1. The SMILES string of the molecule is COc1nc2ccc(C(=O)C3(C)C=NNN3)cc2c(Cl)c1Cc1ccc(C(F)(F)F)cc1. The fourth-order valence-electron chi connectivity index (χ4n) is 3.48. The minimum absolute atomic E-state index is 0.205. The molecule has 4 rings (SSSR count). The zero-order valence-electron chi connectivity index (χ0n) is 17.0. The van der Waals surface area contributed by atoms with Crippen LogP contribution in [0.3, 0.4) is 0 Å². The van der Waals surface area contributed by atoms with E-state index in [2.05, 4.69) is 21.0 Å². The van der Waals surface area contributed by atoms with Gasteiger partial charge in [0.1, 0.15) is 5.54 Å². The van der Waals surface area contributed by atoms with Crippen LogP contribution in [-0.2, 0) is 12.6 Å². The van der Waals surface area contributed by atoms with Crippen LogP contribution in [-0.4, -0.2) is 29.6 Å². The summed E-state index contributed by atoms with van der Waals surface area (Å²) >= 11 is 6.68. The van der Waals surface area contributed by atoms with Crippen molar-refractivity contribution >= 4 is 34.5 Å². The molecule has 10 heteroatoms. The molecule has 1 atom stereocenters. The number of methoxy groups -OCH3 is 1. The monoisotopic (exact) mass is 462 g/mol. The number of Topliss-reactive ketones (excluding diaryl/α,β-unsaturated/α-hetero) is 1. The second-order valence-corrected chi connectivity index (χ2v) is 7.92. The van der Waals surface area contributed by atoms with E-state index in [1.807, 2.05) is 0 Å². The third-order valence-electron chi connectivity index (χ3n) is 5.27. The maximum Gasteiger partial charge on any atom is 0.416 e. The number of fused-ring (bicyclic) bond motifs is 1. The van der Waals surface area contributed by atoms with Crippen molar-refractivity contribution in [3.8, 4) is 5.88 Å². The van der Waals surface area contributed by atoms with Gasteiger partial charge >= 0.3 is 6.18 Å². The summed E-state index contributed by atoms with van der Waals surface area (Å²) in [5.74, 6) is 0.0477. The molecular formula is C22H18ClF3N4O2. The standard InChI is InChI=1S/C22H18ClF3N4O2/c1-21(11-27-30-29-21)19(31)13-5-8-17-15(10-13)18(23)16(20(28-17)32-2)9-12-3-6-14(7-4-12)22(24,25)26/h3-8,10-11,29-30H,9H2,1-2H3. The molecule has 1 aliphatic rings. The van der Waals surface area contributed by atoms with E-state index in [0.717, 1.165) is 12.1 Å². The van der Waals surface area contributed by atoms with Crippen LogP contribution in [0.5, 0.6) is 5.88 Å². The second-order valence-electron chi connectivity index (χ2n) is 7.54. The highest BCUT2D eigenvalue weighted by Gasteiger charge is 2.35. The first-order chi connectivity index (χ1) is 15.1. The molecule has 1 aromatic heterocycles. The predicted octanol–water partition coefficient (Wildman–Crippen LogP) is 4.54. The maximum absolute atomic E-state index is 13.0. The maximum atomic E-state index is 13.0. The molecule has 166 valence electrons. The Balaban J connectivity index is 1.74. The molecule has 1 unspecified atom stereocenters. The van der Waals surface area contributed by atoms with Crippen molar-refractivity contribution in [2.45, 2.75) is 25.1 Å². The third-order valence-corrected chi connectivity index (χ3v) is 5.70. The number of nitrogens with zero attached hydrogens (tertiary/aromatic N) is 2. The summed E-state index contributed by atoms with van der Waals surface area (Å²) in [6.45, 7) is 1.69. The molecule has 2 aromatic carbocycles. The Kier molecular flexibility index (Phi) is 5.56. The van der Waals surface area contributed by atoms with Crippen LogP contribution in [0.15, 0.2) is 47.6 Å². The van der Waals surface area contributed by atoms with Crippen LogP contribution in [0.2, 0.25) is 5.02 Å². The van der Waals surface area contributed by atoms with Gasteiger partial charge in [0.2, 0.25) is 5.88 Å². The summed E-state index contributed by atoms with van der Waals surface area (Å²) in [7, 11) is 1.44. The summed E-state index contributed by atoms with van der Waals surface area (Å²) in [6.07, 6.45) is -2.73. The van der Waals surface area contributed by atoms with Gasteiger partial charge in [-0.25, -0.2) is 15.9 Å². The van der Waals surface area contributed by atoms with Crippen molar-refractivity contribution in [2.24, 2.45) is 5.10 Å². The van der Waals surface area contributed by atoms with E-state index in [1.54, 1.807) is 25.1 Å². The van der Waals surface area contributed by atoms with E-state index < -0.39 is 17.3 Å². The molecule has 0 fully saturated rings. The van der Waals surface area contributed by atoms with Crippen molar-refractivity contribution in [2.75, 3.05) is 7.11 Å². The fourth-order valence-corrected chi connectivity index (χ4v) is 3.78. The minimum atomic E-state index is -4.41. The number of hydrazine groups is 1. The zero-order chi connectivity index (χ0) is 23.1. The number of hydrazone groups is 1. The van der Waals surface area contributed by atoms with Crippen LogP contribution in [0.4, 0.5) is 13.2 Å². The van der Waals surface area contributed by atoms with E-state index in [0.29, 0.717) is 32.6 Å². The molecule has 2 N–H and O–H groups in total. The van der Waals surface area contributed by atoms with Gasteiger partial charge in [-0.3, -0.25) is 4.79 Å². The van der Waals surface area contributed by atoms with Crippen molar-refractivity contribution in [1.29, 1.82) is 0 Å². The number of alkyl halides is 3. The lowest BCUT2D eigenvalue weighted by Gasteiger charge is -2.19. The Hall–Kier alpha value is -3.17. The minimum Gasteiger partial charge on any atom is -0.481 e. The zero-order valence-corrected chi connectivity index (χ0v) is 17.8. The molecule has 0 bridgehead atoms. The average Bonchev–Trinajstić information content (AvgIpc) is 3.22. The lowest BCUT2D eigenvalue weighted by atomic mass is 9.92. The molecule has 6 nitrogen and oxygen atoms in total. The Morgan fingerprint density at radius 3 is 2.50 bits per heavy atom. The molecule has 2 heterocycles. The summed E-state index contributed by atoms with van der Waals surface area (Å²) in [5.41, 5.74) is 5.65. The predicted molar refractivity (Wildman–Crippen MR) is 115 cm³/mol. The van der Waals surface area contributed by atoms with Crippen LogP contribution in [0.1, 0.15) is 34.0 Å². The lowest BCUT2D eigenvalue weighted by molar-refractivity contribution is -0.137. The van der Waals surface area contributed by atoms with Crippen molar-refractivity contribution in [3.63, 3.8) is 0 Å². The molecule has 0 radical (unpaired) electrons.